The highest BCUT2D eigenvalue weighted by Gasteiger charge is 2.20. The summed E-state index contributed by atoms with van der Waals surface area (Å²) in [5.41, 5.74) is 0.851. The summed E-state index contributed by atoms with van der Waals surface area (Å²) in [4.78, 5) is 15.6. The summed E-state index contributed by atoms with van der Waals surface area (Å²) in [6, 6.07) is 8.88. The molecule has 0 bridgehead atoms. The first kappa shape index (κ1) is 12.3. The summed E-state index contributed by atoms with van der Waals surface area (Å²) in [5, 5.41) is 3.08. The number of oxazole rings is 1. The van der Waals surface area contributed by atoms with Crippen LogP contribution >= 0.6 is 0 Å². The van der Waals surface area contributed by atoms with Crippen molar-refractivity contribution in [3.63, 3.8) is 0 Å². The predicted molar refractivity (Wildman–Crippen MR) is 64.5 cm³/mol. The highest BCUT2D eigenvalue weighted by molar-refractivity contribution is 5.77. The number of carbonyl (C=O) groups is 1. The van der Waals surface area contributed by atoms with E-state index in [4.69, 9.17) is 9.15 Å². The molecule has 2 aromatic rings. The third-order valence-electron chi connectivity index (χ3n) is 2.53. The molecule has 0 spiro atoms. The van der Waals surface area contributed by atoms with Gasteiger partial charge in [0.2, 0.25) is 0 Å². The molecule has 0 aliphatic heterocycles. The lowest BCUT2D eigenvalue weighted by Crippen LogP contribution is -2.29. The van der Waals surface area contributed by atoms with E-state index >= 15 is 0 Å². The zero-order valence-electron chi connectivity index (χ0n) is 10.00. The van der Waals surface area contributed by atoms with Gasteiger partial charge < -0.3 is 9.15 Å². The minimum Gasteiger partial charge on any atom is -0.468 e. The summed E-state index contributed by atoms with van der Waals surface area (Å²) in [7, 11) is 1.37. The van der Waals surface area contributed by atoms with Crippen molar-refractivity contribution in [1.82, 2.24) is 10.3 Å². The molecule has 0 fully saturated rings. The Balaban J connectivity index is 2.09. The maximum absolute atomic E-state index is 11.7. The number of aromatic nitrogens is 1. The van der Waals surface area contributed by atoms with E-state index in [1.165, 1.54) is 13.5 Å². The molecule has 1 N–H and O–H groups in total. The molecule has 0 aliphatic carbocycles. The van der Waals surface area contributed by atoms with Gasteiger partial charge in [-0.25, -0.2) is 9.78 Å². The highest BCUT2D eigenvalue weighted by atomic mass is 16.5. The van der Waals surface area contributed by atoms with Crippen molar-refractivity contribution < 1.29 is 13.9 Å². The monoisotopic (exact) mass is 246 g/mol. The van der Waals surface area contributed by atoms with Crippen LogP contribution in [0.1, 0.15) is 17.4 Å². The molecule has 0 radical (unpaired) electrons. The van der Waals surface area contributed by atoms with E-state index in [1.54, 1.807) is 6.20 Å². The van der Waals surface area contributed by atoms with Crippen molar-refractivity contribution >= 4 is 5.97 Å². The third-order valence-corrected chi connectivity index (χ3v) is 2.53. The molecular weight excluding hydrogens is 232 g/mol. The lowest BCUT2D eigenvalue weighted by atomic mass is 10.1. The van der Waals surface area contributed by atoms with Crippen molar-refractivity contribution in [2.24, 2.45) is 0 Å². The van der Waals surface area contributed by atoms with Crippen LogP contribution < -0.4 is 5.32 Å². The van der Waals surface area contributed by atoms with Crippen LogP contribution in [-0.2, 0) is 16.1 Å². The summed E-state index contributed by atoms with van der Waals surface area (Å²) in [6.07, 6.45) is 2.96. The molecule has 1 heterocycles. The first-order valence-corrected chi connectivity index (χ1v) is 5.55. The van der Waals surface area contributed by atoms with E-state index in [-0.39, 0.29) is 5.97 Å². The highest BCUT2D eigenvalue weighted by Crippen LogP contribution is 2.14. The fourth-order valence-corrected chi connectivity index (χ4v) is 1.63. The predicted octanol–water partition coefficient (Wildman–Crippen LogP) is 1.68. The Morgan fingerprint density at radius 3 is 2.83 bits per heavy atom. The van der Waals surface area contributed by atoms with Gasteiger partial charge >= 0.3 is 5.97 Å². The topological polar surface area (TPSA) is 64.4 Å². The molecule has 18 heavy (non-hydrogen) atoms. The van der Waals surface area contributed by atoms with Gasteiger partial charge in [-0.1, -0.05) is 30.3 Å². The number of ether oxygens (including phenoxy) is 1. The van der Waals surface area contributed by atoms with E-state index in [9.17, 15) is 4.79 Å². The normalized spacial score (nSPS) is 12.1. The van der Waals surface area contributed by atoms with Crippen LogP contribution in [0, 0.1) is 0 Å². The second-order valence-electron chi connectivity index (χ2n) is 3.72. The van der Waals surface area contributed by atoms with Crippen LogP contribution in [0.15, 0.2) is 47.3 Å². The smallest absolute Gasteiger partial charge is 0.327 e. The van der Waals surface area contributed by atoms with E-state index in [0.717, 1.165) is 5.56 Å². The number of carbonyl (C=O) groups excluding carboxylic acids is 1. The number of rotatable bonds is 5. The number of methoxy groups -OCH3 is 1. The first-order valence-electron chi connectivity index (χ1n) is 5.55. The molecule has 1 aromatic heterocycles. The molecule has 1 aromatic carbocycles. The minimum atomic E-state index is -0.513. The Hall–Kier alpha value is -2.14. The Kier molecular flexibility index (Phi) is 4.09. The number of hydrogen-bond acceptors (Lipinski definition) is 5. The summed E-state index contributed by atoms with van der Waals surface area (Å²) < 4.78 is 9.90. The summed E-state index contributed by atoms with van der Waals surface area (Å²) in [6.45, 7) is 0.411. The lowest BCUT2D eigenvalue weighted by molar-refractivity contribution is -0.143. The van der Waals surface area contributed by atoms with E-state index in [1.807, 2.05) is 30.3 Å². The molecule has 1 atom stereocenters. The van der Waals surface area contributed by atoms with Crippen LogP contribution in [0.4, 0.5) is 0 Å². The molecule has 0 aliphatic rings. The largest absolute Gasteiger partial charge is 0.468 e. The number of nitrogens with one attached hydrogen (secondary N) is 1. The molecule has 2 rings (SSSR count). The number of benzene rings is 1. The molecule has 5 heteroatoms. The van der Waals surface area contributed by atoms with Gasteiger partial charge in [-0.15, -0.1) is 0 Å². The van der Waals surface area contributed by atoms with Gasteiger partial charge in [0.1, 0.15) is 11.8 Å². The van der Waals surface area contributed by atoms with Crippen molar-refractivity contribution in [2.75, 3.05) is 7.11 Å². The Morgan fingerprint density at radius 1 is 1.44 bits per heavy atom. The average molecular weight is 246 g/mol. The van der Waals surface area contributed by atoms with Crippen LogP contribution in [0.2, 0.25) is 0 Å². The summed E-state index contributed by atoms with van der Waals surface area (Å²) >= 11 is 0. The van der Waals surface area contributed by atoms with Crippen molar-refractivity contribution in [3.05, 3.63) is 54.2 Å². The zero-order chi connectivity index (χ0) is 12.8. The molecule has 5 nitrogen and oxygen atoms in total. The molecule has 94 valence electrons. The van der Waals surface area contributed by atoms with Gasteiger partial charge in [-0.3, -0.25) is 5.32 Å². The van der Waals surface area contributed by atoms with Gasteiger partial charge in [0.25, 0.3) is 0 Å². The van der Waals surface area contributed by atoms with Gasteiger partial charge in [-0.05, 0) is 5.56 Å². The lowest BCUT2D eigenvalue weighted by Gasteiger charge is -2.15. The second kappa shape index (κ2) is 5.97. The first-order chi connectivity index (χ1) is 8.81. The van der Waals surface area contributed by atoms with Gasteiger partial charge in [0.05, 0.1) is 19.9 Å². The van der Waals surface area contributed by atoms with Gasteiger partial charge in [0.15, 0.2) is 6.39 Å². The van der Waals surface area contributed by atoms with Gasteiger partial charge in [-0.2, -0.15) is 0 Å². The van der Waals surface area contributed by atoms with E-state index in [0.29, 0.717) is 12.3 Å². The van der Waals surface area contributed by atoms with Crippen molar-refractivity contribution in [1.29, 1.82) is 0 Å². The minimum absolute atomic E-state index is 0.333. The Labute approximate surface area is 105 Å². The van der Waals surface area contributed by atoms with Gasteiger partial charge in [0, 0.05) is 0 Å². The number of esters is 1. The maximum atomic E-state index is 11.7. The zero-order valence-corrected chi connectivity index (χ0v) is 10.00. The molecular formula is C13H14N2O3. The van der Waals surface area contributed by atoms with E-state index in [2.05, 4.69) is 10.3 Å². The van der Waals surface area contributed by atoms with Crippen molar-refractivity contribution in [3.8, 4) is 0 Å². The Morgan fingerprint density at radius 2 is 2.22 bits per heavy atom. The van der Waals surface area contributed by atoms with E-state index < -0.39 is 6.04 Å². The summed E-state index contributed by atoms with van der Waals surface area (Å²) in [5.74, 6) is 0.334. The Bertz CT molecular complexity index is 482. The number of hydrogen-bond donors (Lipinski definition) is 1. The molecule has 0 amide bonds. The fraction of sp³-hybridized carbons (Fsp3) is 0.231. The second-order valence-corrected chi connectivity index (χ2v) is 3.72. The maximum Gasteiger partial charge on any atom is 0.327 e. The number of nitrogens with zero attached hydrogens (tertiary/aromatic N) is 1. The fourth-order valence-electron chi connectivity index (χ4n) is 1.63. The third kappa shape index (κ3) is 2.95. The standard InChI is InChI=1S/C13H14N2O3/c1-17-13(16)12(10-5-3-2-4-6-10)15-8-11-7-14-9-18-11/h2-7,9,12,15H,8H2,1H3. The molecule has 0 saturated heterocycles. The SMILES string of the molecule is COC(=O)C(NCc1cnco1)c1ccccc1. The van der Waals surface area contributed by atoms with Crippen LogP contribution in [-0.4, -0.2) is 18.1 Å². The van der Waals surface area contributed by atoms with Crippen LogP contribution in [0.25, 0.3) is 0 Å². The average Bonchev–Trinajstić information content (AvgIpc) is 2.93. The molecule has 0 saturated carbocycles. The molecule has 1 unspecified atom stereocenters. The van der Waals surface area contributed by atoms with Crippen LogP contribution in [0.5, 0.6) is 0 Å². The van der Waals surface area contributed by atoms with Crippen molar-refractivity contribution in [2.45, 2.75) is 12.6 Å². The van der Waals surface area contributed by atoms with Crippen LogP contribution in [0.3, 0.4) is 0 Å². The quantitative estimate of drug-likeness (QED) is 0.813.